The largest absolute Gasteiger partial charge is 0.337 e. The van der Waals surface area contributed by atoms with Gasteiger partial charge in [-0.3, -0.25) is 0 Å². The summed E-state index contributed by atoms with van der Waals surface area (Å²) in [5.41, 5.74) is 0. The van der Waals surface area contributed by atoms with Crippen molar-refractivity contribution in [1.82, 2.24) is 0 Å². The zero-order valence-electron chi connectivity index (χ0n) is 9.51. The van der Waals surface area contributed by atoms with Crippen LogP contribution in [0.5, 0.6) is 5.75 Å². The molecule has 0 fully saturated rings. The second-order valence-electron chi connectivity index (χ2n) is 3.89. The predicted octanol–water partition coefficient (Wildman–Crippen LogP) is 3.93. The van der Waals surface area contributed by atoms with Gasteiger partial charge >= 0.3 is 0 Å². The molecule has 2 heteroatoms. The second-order valence-corrected chi connectivity index (χ2v) is 3.89. The predicted molar refractivity (Wildman–Crippen MR) is 69.1 cm³/mol. The fraction of sp³-hybridized carbons (Fsp3) is 0.0667. The first-order valence-corrected chi connectivity index (χ1v) is 5.51. The molecule has 0 N–H and O–H groups in total. The van der Waals surface area contributed by atoms with Gasteiger partial charge in [0.1, 0.15) is 0 Å². The average molecular weight is 224 g/mol. The summed E-state index contributed by atoms with van der Waals surface area (Å²) in [4.78, 5) is 9.92. The van der Waals surface area contributed by atoms with E-state index in [2.05, 4.69) is 30.3 Å². The Kier molecular flexibility index (Phi) is 2.42. The summed E-state index contributed by atoms with van der Waals surface area (Å²) in [7, 11) is 1.51. The fourth-order valence-electron chi connectivity index (χ4n) is 2.17. The standard InChI is InChI=1S/C15H12O2/c1-16-17-15-8-4-7-13-12-6-3-2-5-11(12)9-10-14(13)15/h2-10H,1H3. The topological polar surface area (TPSA) is 18.5 Å². The van der Waals surface area contributed by atoms with E-state index in [9.17, 15) is 0 Å². The van der Waals surface area contributed by atoms with Crippen molar-refractivity contribution in [2.75, 3.05) is 7.11 Å². The van der Waals surface area contributed by atoms with Crippen molar-refractivity contribution in [3.63, 3.8) is 0 Å². The van der Waals surface area contributed by atoms with Crippen molar-refractivity contribution in [1.29, 1.82) is 0 Å². The molecule has 0 saturated carbocycles. The minimum Gasteiger partial charge on any atom is -0.337 e. The lowest BCUT2D eigenvalue weighted by Crippen LogP contribution is -1.91. The highest BCUT2D eigenvalue weighted by atomic mass is 17.2. The van der Waals surface area contributed by atoms with Crippen LogP contribution in [0.1, 0.15) is 0 Å². The number of fused-ring (bicyclic) bond motifs is 3. The molecular weight excluding hydrogens is 212 g/mol. The molecule has 0 aliphatic rings. The zero-order chi connectivity index (χ0) is 11.7. The molecule has 0 aliphatic carbocycles. The normalized spacial score (nSPS) is 10.9. The number of hydrogen-bond acceptors (Lipinski definition) is 2. The van der Waals surface area contributed by atoms with Crippen LogP contribution in [0.4, 0.5) is 0 Å². The summed E-state index contributed by atoms with van der Waals surface area (Å²) in [5.74, 6) is 0.746. The molecule has 0 saturated heterocycles. The van der Waals surface area contributed by atoms with Gasteiger partial charge in [0, 0.05) is 5.39 Å². The summed E-state index contributed by atoms with van der Waals surface area (Å²) in [6.45, 7) is 0. The fourth-order valence-corrected chi connectivity index (χ4v) is 2.17. The molecule has 3 aromatic rings. The molecule has 2 nitrogen and oxygen atoms in total. The quantitative estimate of drug-likeness (QED) is 0.373. The molecule has 0 amide bonds. The van der Waals surface area contributed by atoms with Crippen LogP contribution in [0.3, 0.4) is 0 Å². The first-order valence-electron chi connectivity index (χ1n) is 5.51. The summed E-state index contributed by atoms with van der Waals surface area (Å²) in [5, 5.41) is 4.70. The lowest BCUT2D eigenvalue weighted by Gasteiger charge is -2.07. The van der Waals surface area contributed by atoms with E-state index in [1.807, 2.05) is 24.3 Å². The molecule has 3 rings (SSSR count). The first-order chi connectivity index (χ1) is 8.40. The van der Waals surface area contributed by atoms with E-state index in [0.717, 1.165) is 11.1 Å². The summed E-state index contributed by atoms with van der Waals surface area (Å²) >= 11 is 0. The van der Waals surface area contributed by atoms with Crippen LogP contribution in [-0.2, 0) is 4.89 Å². The third-order valence-corrected chi connectivity index (χ3v) is 2.92. The van der Waals surface area contributed by atoms with E-state index in [1.165, 1.54) is 23.3 Å². The van der Waals surface area contributed by atoms with E-state index in [1.54, 1.807) is 0 Å². The maximum absolute atomic E-state index is 5.17. The Morgan fingerprint density at radius 3 is 2.41 bits per heavy atom. The van der Waals surface area contributed by atoms with E-state index in [0.29, 0.717) is 0 Å². The third-order valence-electron chi connectivity index (χ3n) is 2.92. The maximum Gasteiger partial charge on any atom is 0.173 e. The Bertz CT molecular complexity index is 674. The first kappa shape index (κ1) is 10.1. The lowest BCUT2D eigenvalue weighted by molar-refractivity contribution is -0.176. The highest BCUT2D eigenvalue weighted by Crippen LogP contribution is 2.31. The lowest BCUT2D eigenvalue weighted by atomic mass is 10.0. The van der Waals surface area contributed by atoms with Gasteiger partial charge in [0.2, 0.25) is 0 Å². The molecule has 17 heavy (non-hydrogen) atoms. The molecule has 84 valence electrons. The van der Waals surface area contributed by atoms with Crippen LogP contribution in [0.25, 0.3) is 21.5 Å². The van der Waals surface area contributed by atoms with Crippen LogP contribution >= 0.6 is 0 Å². The van der Waals surface area contributed by atoms with Gasteiger partial charge in [-0.1, -0.05) is 42.5 Å². The summed E-state index contributed by atoms with van der Waals surface area (Å²) in [6.07, 6.45) is 0. The summed E-state index contributed by atoms with van der Waals surface area (Å²) in [6, 6.07) is 18.5. The Morgan fingerprint density at radius 1 is 0.706 bits per heavy atom. The van der Waals surface area contributed by atoms with Crippen molar-refractivity contribution in [2.24, 2.45) is 0 Å². The SMILES string of the molecule is COOc1cccc2c1ccc1ccccc12. The smallest absolute Gasteiger partial charge is 0.173 e. The molecule has 0 aliphatic heterocycles. The molecule has 0 spiro atoms. The Hall–Kier alpha value is -2.06. The number of benzene rings is 3. The van der Waals surface area contributed by atoms with Gasteiger partial charge in [-0.25, -0.2) is 0 Å². The molecule has 0 atom stereocenters. The molecule has 0 bridgehead atoms. The van der Waals surface area contributed by atoms with Gasteiger partial charge in [-0.2, -0.15) is 4.89 Å². The van der Waals surface area contributed by atoms with E-state index < -0.39 is 0 Å². The van der Waals surface area contributed by atoms with E-state index in [4.69, 9.17) is 9.78 Å². The number of rotatable bonds is 2. The van der Waals surface area contributed by atoms with E-state index in [-0.39, 0.29) is 0 Å². The van der Waals surface area contributed by atoms with Crippen LogP contribution in [0.15, 0.2) is 54.6 Å². The van der Waals surface area contributed by atoms with Crippen molar-refractivity contribution < 1.29 is 9.78 Å². The number of hydrogen-bond donors (Lipinski definition) is 0. The molecule has 0 heterocycles. The zero-order valence-corrected chi connectivity index (χ0v) is 9.51. The van der Waals surface area contributed by atoms with Crippen LogP contribution in [0, 0.1) is 0 Å². The van der Waals surface area contributed by atoms with Crippen LogP contribution in [0.2, 0.25) is 0 Å². The van der Waals surface area contributed by atoms with Gasteiger partial charge in [0.15, 0.2) is 5.75 Å². The van der Waals surface area contributed by atoms with Crippen LogP contribution < -0.4 is 4.89 Å². The average Bonchev–Trinajstić information content (AvgIpc) is 2.39. The van der Waals surface area contributed by atoms with Crippen LogP contribution in [-0.4, -0.2) is 7.11 Å². The highest BCUT2D eigenvalue weighted by Gasteiger charge is 2.05. The van der Waals surface area contributed by atoms with Crippen molar-refractivity contribution in [3.05, 3.63) is 54.6 Å². The molecule has 0 aromatic heterocycles. The van der Waals surface area contributed by atoms with Crippen molar-refractivity contribution in [3.8, 4) is 5.75 Å². The van der Waals surface area contributed by atoms with Gasteiger partial charge in [-0.05, 0) is 28.3 Å². The van der Waals surface area contributed by atoms with Gasteiger partial charge in [0.05, 0.1) is 7.11 Å². The summed E-state index contributed by atoms with van der Waals surface area (Å²) < 4.78 is 0. The van der Waals surface area contributed by atoms with E-state index >= 15 is 0 Å². The maximum atomic E-state index is 5.17. The van der Waals surface area contributed by atoms with Gasteiger partial charge < -0.3 is 4.89 Å². The molecule has 0 radical (unpaired) electrons. The minimum atomic E-state index is 0.746. The Balaban J connectivity index is 2.40. The Morgan fingerprint density at radius 2 is 1.53 bits per heavy atom. The van der Waals surface area contributed by atoms with Crippen molar-refractivity contribution >= 4 is 21.5 Å². The van der Waals surface area contributed by atoms with Crippen molar-refractivity contribution in [2.45, 2.75) is 0 Å². The van der Waals surface area contributed by atoms with Gasteiger partial charge in [0.25, 0.3) is 0 Å². The highest BCUT2D eigenvalue weighted by molar-refractivity contribution is 6.09. The molecular formula is C15H12O2. The molecule has 0 unspecified atom stereocenters. The van der Waals surface area contributed by atoms with Gasteiger partial charge in [-0.15, -0.1) is 0 Å². The third kappa shape index (κ3) is 1.63. The second kappa shape index (κ2) is 4.07. The Labute approximate surface area is 99.3 Å². The monoisotopic (exact) mass is 224 g/mol. The molecule has 3 aromatic carbocycles. The minimum absolute atomic E-state index is 0.746.